The van der Waals surface area contributed by atoms with E-state index in [0.717, 1.165) is 17.0 Å². The van der Waals surface area contributed by atoms with Gasteiger partial charge in [-0.15, -0.1) is 0 Å². The third-order valence-electron chi connectivity index (χ3n) is 4.22. The Labute approximate surface area is 147 Å². The molecule has 4 nitrogen and oxygen atoms in total. The van der Waals surface area contributed by atoms with Crippen LogP contribution in [0.4, 0.5) is 10.1 Å². The molecule has 0 aromatic heterocycles. The van der Waals surface area contributed by atoms with E-state index in [0.29, 0.717) is 18.7 Å². The summed E-state index contributed by atoms with van der Waals surface area (Å²) in [6.07, 6.45) is -0.605. The highest BCUT2D eigenvalue weighted by Gasteiger charge is 2.24. The lowest BCUT2D eigenvalue weighted by molar-refractivity contribution is 0.0297. The van der Waals surface area contributed by atoms with Crippen molar-refractivity contribution in [3.05, 3.63) is 59.4 Å². The summed E-state index contributed by atoms with van der Waals surface area (Å²) < 4.78 is 24.9. The topological polar surface area (TPSA) is 41.9 Å². The number of aryl methyl sites for hydroxylation is 1. The molecule has 1 heterocycles. The smallest absolute Gasteiger partial charge is 0.143 e. The summed E-state index contributed by atoms with van der Waals surface area (Å²) in [5.74, 6) is 0.557. The highest BCUT2D eigenvalue weighted by Crippen LogP contribution is 2.34. The van der Waals surface area contributed by atoms with Crippen LogP contribution in [-0.4, -0.2) is 37.0 Å². The molecule has 3 rings (SSSR count). The minimum absolute atomic E-state index is 0.0563. The number of halogens is 1. The second kappa shape index (κ2) is 7.85. The number of aliphatic hydroxyl groups excluding tert-OH is 1. The molecule has 0 amide bonds. The Morgan fingerprint density at radius 1 is 1.32 bits per heavy atom. The largest absolute Gasteiger partial charge is 0.487 e. The van der Waals surface area contributed by atoms with Crippen LogP contribution in [0.1, 0.15) is 18.1 Å². The van der Waals surface area contributed by atoms with Crippen LogP contribution in [0.2, 0.25) is 0 Å². The zero-order valence-corrected chi connectivity index (χ0v) is 14.6. The van der Waals surface area contributed by atoms with Crippen molar-refractivity contribution in [2.75, 3.05) is 24.6 Å². The van der Waals surface area contributed by atoms with E-state index in [4.69, 9.17) is 9.47 Å². The normalized spacial score (nSPS) is 17.8. The summed E-state index contributed by atoms with van der Waals surface area (Å²) >= 11 is 0. The van der Waals surface area contributed by atoms with Crippen molar-refractivity contribution in [3.63, 3.8) is 0 Å². The van der Waals surface area contributed by atoms with Gasteiger partial charge in [-0.05, 0) is 37.6 Å². The molecule has 1 N–H and O–H groups in total. The van der Waals surface area contributed by atoms with Crippen molar-refractivity contribution in [2.45, 2.75) is 32.7 Å². The summed E-state index contributed by atoms with van der Waals surface area (Å²) in [6.45, 7) is 5.50. The van der Waals surface area contributed by atoms with Crippen molar-refractivity contribution in [2.24, 2.45) is 0 Å². The van der Waals surface area contributed by atoms with Gasteiger partial charge in [0, 0.05) is 12.1 Å². The van der Waals surface area contributed by atoms with Gasteiger partial charge in [-0.25, -0.2) is 4.39 Å². The molecule has 5 heteroatoms. The first kappa shape index (κ1) is 17.7. The van der Waals surface area contributed by atoms with Crippen LogP contribution in [-0.2, 0) is 11.3 Å². The van der Waals surface area contributed by atoms with E-state index in [9.17, 15) is 9.50 Å². The van der Waals surface area contributed by atoms with Gasteiger partial charge in [-0.3, -0.25) is 0 Å². The van der Waals surface area contributed by atoms with Gasteiger partial charge >= 0.3 is 0 Å². The molecule has 0 spiro atoms. The Balaban J connectivity index is 1.56. The maximum atomic E-state index is 13.6. The number of aliphatic hydroxyl groups is 1. The summed E-state index contributed by atoms with van der Waals surface area (Å²) in [6, 6.07) is 12.6. The fraction of sp³-hybridized carbons (Fsp3) is 0.400. The quantitative estimate of drug-likeness (QED) is 0.872. The Morgan fingerprint density at radius 3 is 2.92 bits per heavy atom. The third-order valence-corrected chi connectivity index (χ3v) is 4.22. The zero-order valence-electron chi connectivity index (χ0n) is 14.6. The van der Waals surface area contributed by atoms with Gasteiger partial charge in [0.15, 0.2) is 0 Å². The molecule has 0 aliphatic carbocycles. The SMILES string of the molecule is Cc1ccc2c(c1)OC(C)CN2CC(O)COCc1ccccc1F. The van der Waals surface area contributed by atoms with E-state index in [2.05, 4.69) is 4.90 Å². The van der Waals surface area contributed by atoms with Gasteiger partial charge in [-0.1, -0.05) is 24.3 Å². The highest BCUT2D eigenvalue weighted by atomic mass is 19.1. The van der Waals surface area contributed by atoms with Crippen LogP contribution in [0.3, 0.4) is 0 Å². The maximum Gasteiger partial charge on any atom is 0.143 e. The molecule has 2 aromatic rings. The van der Waals surface area contributed by atoms with Crippen molar-refractivity contribution in [1.82, 2.24) is 0 Å². The number of anilines is 1. The van der Waals surface area contributed by atoms with E-state index >= 15 is 0 Å². The molecular weight excluding hydrogens is 321 g/mol. The Morgan fingerprint density at radius 2 is 2.12 bits per heavy atom. The van der Waals surface area contributed by atoms with Gasteiger partial charge in [0.2, 0.25) is 0 Å². The van der Waals surface area contributed by atoms with Crippen LogP contribution >= 0.6 is 0 Å². The monoisotopic (exact) mass is 345 g/mol. The molecule has 2 unspecified atom stereocenters. The van der Waals surface area contributed by atoms with Crippen LogP contribution in [0.25, 0.3) is 0 Å². The Hall–Kier alpha value is -2.11. The van der Waals surface area contributed by atoms with Crippen molar-refractivity contribution >= 4 is 5.69 Å². The van der Waals surface area contributed by atoms with Crippen molar-refractivity contribution in [3.8, 4) is 5.75 Å². The van der Waals surface area contributed by atoms with Crippen LogP contribution in [0.15, 0.2) is 42.5 Å². The number of nitrogens with zero attached hydrogens (tertiary/aromatic N) is 1. The van der Waals surface area contributed by atoms with Gasteiger partial charge in [0.1, 0.15) is 17.7 Å². The molecule has 1 aliphatic rings. The molecular formula is C20H24FNO3. The molecule has 134 valence electrons. The minimum atomic E-state index is -0.661. The molecule has 0 radical (unpaired) electrons. The predicted molar refractivity (Wildman–Crippen MR) is 95.5 cm³/mol. The Kier molecular flexibility index (Phi) is 5.56. The first-order chi connectivity index (χ1) is 12.0. The summed E-state index contributed by atoms with van der Waals surface area (Å²) in [7, 11) is 0. The van der Waals surface area contributed by atoms with Gasteiger partial charge < -0.3 is 19.5 Å². The molecule has 25 heavy (non-hydrogen) atoms. The molecule has 0 bridgehead atoms. The van der Waals surface area contributed by atoms with Crippen LogP contribution < -0.4 is 9.64 Å². The summed E-state index contributed by atoms with van der Waals surface area (Å²) in [5, 5.41) is 10.3. The fourth-order valence-corrected chi connectivity index (χ4v) is 3.04. The Bertz CT molecular complexity index is 722. The highest BCUT2D eigenvalue weighted by molar-refractivity contribution is 5.61. The van der Waals surface area contributed by atoms with E-state index in [1.54, 1.807) is 18.2 Å². The average Bonchev–Trinajstić information content (AvgIpc) is 2.56. The number of hydrogen-bond donors (Lipinski definition) is 1. The lowest BCUT2D eigenvalue weighted by atomic mass is 10.1. The molecule has 0 saturated carbocycles. The van der Waals surface area contributed by atoms with E-state index in [-0.39, 0.29) is 25.1 Å². The number of β-amino-alcohol motifs (C(OH)–C–C–N with tert-alkyl or cyclic N) is 1. The summed E-state index contributed by atoms with van der Waals surface area (Å²) in [5.41, 5.74) is 2.62. The molecule has 2 atom stereocenters. The first-order valence-corrected chi connectivity index (χ1v) is 8.54. The van der Waals surface area contributed by atoms with Gasteiger partial charge in [-0.2, -0.15) is 0 Å². The lowest BCUT2D eigenvalue weighted by Gasteiger charge is -2.36. The minimum Gasteiger partial charge on any atom is -0.487 e. The standard InChI is InChI=1S/C20H24FNO3/c1-14-7-8-19-20(9-14)25-15(2)10-22(19)11-17(23)13-24-12-16-5-3-4-6-18(16)21/h3-9,15,17,23H,10-13H2,1-2H3. The zero-order chi connectivity index (χ0) is 17.8. The fourth-order valence-electron chi connectivity index (χ4n) is 3.04. The van der Waals surface area contributed by atoms with Crippen molar-refractivity contribution < 1.29 is 19.0 Å². The number of ether oxygens (including phenoxy) is 2. The first-order valence-electron chi connectivity index (χ1n) is 8.54. The molecule has 2 aromatic carbocycles. The van der Waals surface area contributed by atoms with Crippen molar-refractivity contribution in [1.29, 1.82) is 0 Å². The van der Waals surface area contributed by atoms with Crippen LogP contribution in [0, 0.1) is 12.7 Å². The maximum absolute atomic E-state index is 13.6. The van der Waals surface area contributed by atoms with E-state index < -0.39 is 6.10 Å². The second-order valence-corrected chi connectivity index (χ2v) is 6.56. The second-order valence-electron chi connectivity index (χ2n) is 6.56. The number of rotatable bonds is 6. The average molecular weight is 345 g/mol. The molecule has 1 aliphatic heterocycles. The third kappa shape index (κ3) is 4.50. The van der Waals surface area contributed by atoms with E-state index in [1.807, 2.05) is 32.0 Å². The number of hydrogen-bond acceptors (Lipinski definition) is 4. The summed E-state index contributed by atoms with van der Waals surface area (Å²) in [4.78, 5) is 2.11. The number of benzene rings is 2. The van der Waals surface area contributed by atoms with Gasteiger partial charge in [0.25, 0.3) is 0 Å². The molecule has 0 fully saturated rings. The number of fused-ring (bicyclic) bond motifs is 1. The lowest BCUT2D eigenvalue weighted by Crippen LogP contribution is -2.43. The predicted octanol–water partition coefficient (Wildman–Crippen LogP) is 3.30. The van der Waals surface area contributed by atoms with Crippen LogP contribution in [0.5, 0.6) is 5.75 Å². The van der Waals surface area contributed by atoms with E-state index in [1.165, 1.54) is 6.07 Å². The van der Waals surface area contributed by atoms with Gasteiger partial charge in [0.05, 0.1) is 31.5 Å². The molecule has 0 saturated heterocycles.